The molecule has 1 fully saturated rings. The molecule has 5 rings (SSSR count). The number of carboxylic acid groups (broad SMARTS) is 1. The fraction of sp³-hybridized carbons (Fsp3) is 0.192. The van der Waals surface area contributed by atoms with Gasteiger partial charge in [-0.05, 0) is 36.4 Å². The molecule has 1 aromatic heterocycles. The number of carbonyl (C=O) groups excluding carboxylic acids is 2. The van der Waals surface area contributed by atoms with Gasteiger partial charge in [0.25, 0.3) is 5.91 Å². The standard InChI is InChI=1S/C26H22N2O6/c29-24(28-15-18(13-21(28)26(31)32)33-17-6-2-1-3-7-17)14-27-25(30)16-10-11-23-20(12-16)19-8-4-5-9-22(19)34-23/h1-12,18,21H,13-15H2,(H,27,30)(H,31,32)/t18-,21+/m1/s1. The van der Waals surface area contributed by atoms with Crippen LogP contribution in [0.25, 0.3) is 21.9 Å². The van der Waals surface area contributed by atoms with Crippen LogP contribution in [-0.4, -0.2) is 53.0 Å². The molecule has 1 aliphatic rings. The van der Waals surface area contributed by atoms with Crippen LogP contribution in [0.1, 0.15) is 16.8 Å². The third kappa shape index (κ3) is 4.17. The van der Waals surface area contributed by atoms with Gasteiger partial charge in [-0.2, -0.15) is 0 Å². The van der Waals surface area contributed by atoms with Crippen molar-refractivity contribution in [3.05, 3.63) is 78.4 Å². The lowest BCUT2D eigenvalue weighted by Crippen LogP contribution is -2.45. The van der Waals surface area contributed by atoms with Crippen molar-refractivity contribution >= 4 is 39.7 Å². The van der Waals surface area contributed by atoms with E-state index in [1.54, 1.807) is 30.3 Å². The summed E-state index contributed by atoms with van der Waals surface area (Å²) in [4.78, 5) is 38.5. The quantitative estimate of drug-likeness (QED) is 0.458. The summed E-state index contributed by atoms with van der Waals surface area (Å²) in [6, 6.07) is 20.7. The number of aliphatic carboxylic acids is 1. The van der Waals surface area contributed by atoms with E-state index in [0.29, 0.717) is 16.9 Å². The van der Waals surface area contributed by atoms with E-state index < -0.39 is 29.9 Å². The van der Waals surface area contributed by atoms with Gasteiger partial charge in [-0.3, -0.25) is 9.59 Å². The summed E-state index contributed by atoms with van der Waals surface area (Å²) < 4.78 is 11.6. The van der Waals surface area contributed by atoms with Crippen LogP contribution in [0.5, 0.6) is 5.75 Å². The van der Waals surface area contributed by atoms with Crippen molar-refractivity contribution in [3.8, 4) is 5.75 Å². The molecule has 3 aromatic carbocycles. The molecule has 2 amide bonds. The van der Waals surface area contributed by atoms with E-state index in [4.69, 9.17) is 9.15 Å². The monoisotopic (exact) mass is 458 g/mol. The molecule has 0 spiro atoms. The van der Waals surface area contributed by atoms with E-state index in [9.17, 15) is 19.5 Å². The highest BCUT2D eigenvalue weighted by atomic mass is 16.5. The number of furan rings is 1. The number of benzene rings is 3. The third-order valence-corrected chi connectivity index (χ3v) is 5.95. The molecule has 2 atom stereocenters. The molecular weight excluding hydrogens is 436 g/mol. The molecule has 2 heterocycles. The highest BCUT2D eigenvalue weighted by molar-refractivity contribution is 6.08. The first-order chi connectivity index (χ1) is 16.5. The average molecular weight is 458 g/mol. The molecule has 8 nitrogen and oxygen atoms in total. The predicted octanol–water partition coefficient (Wildman–Crippen LogP) is 3.45. The maximum Gasteiger partial charge on any atom is 0.326 e. The van der Waals surface area contributed by atoms with Crippen LogP contribution in [0.4, 0.5) is 0 Å². The van der Waals surface area contributed by atoms with Crippen molar-refractivity contribution in [1.29, 1.82) is 0 Å². The summed E-state index contributed by atoms with van der Waals surface area (Å²) in [5.41, 5.74) is 1.78. The molecule has 0 radical (unpaired) electrons. The van der Waals surface area contributed by atoms with E-state index in [1.165, 1.54) is 4.90 Å². The smallest absolute Gasteiger partial charge is 0.326 e. The van der Waals surface area contributed by atoms with Crippen LogP contribution < -0.4 is 10.1 Å². The number of rotatable bonds is 6. The minimum Gasteiger partial charge on any atom is -0.488 e. The number of ether oxygens (including phenoxy) is 1. The van der Waals surface area contributed by atoms with Crippen LogP contribution in [0.15, 0.2) is 77.2 Å². The Morgan fingerprint density at radius 1 is 0.971 bits per heavy atom. The van der Waals surface area contributed by atoms with E-state index in [2.05, 4.69) is 5.32 Å². The maximum atomic E-state index is 12.8. The first kappa shape index (κ1) is 21.5. The Bertz CT molecular complexity index is 1380. The highest BCUT2D eigenvalue weighted by Gasteiger charge is 2.40. The summed E-state index contributed by atoms with van der Waals surface area (Å²) in [5, 5.41) is 13.9. The summed E-state index contributed by atoms with van der Waals surface area (Å²) in [5.74, 6) is -1.39. The normalized spacial score (nSPS) is 17.7. The van der Waals surface area contributed by atoms with Crippen molar-refractivity contribution in [2.24, 2.45) is 0 Å². The summed E-state index contributed by atoms with van der Waals surface area (Å²) in [7, 11) is 0. The van der Waals surface area contributed by atoms with Gasteiger partial charge in [0, 0.05) is 22.8 Å². The zero-order valence-electron chi connectivity index (χ0n) is 18.1. The number of carboxylic acids is 1. The van der Waals surface area contributed by atoms with Gasteiger partial charge in [-0.1, -0.05) is 36.4 Å². The molecule has 2 N–H and O–H groups in total. The second kappa shape index (κ2) is 8.90. The van der Waals surface area contributed by atoms with Crippen molar-refractivity contribution in [3.63, 3.8) is 0 Å². The van der Waals surface area contributed by atoms with Gasteiger partial charge in [-0.25, -0.2) is 4.79 Å². The molecule has 1 saturated heterocycles. The van der Waals surface area contributed by atoms with Crippen LogP contribution in [0.2, 0.25) is 0 Å². The van der Waals surface area contributed by atoms with Crippen molar-refractivity contribution in [1.82, 2.24) is 10.2 Å². The minimum absolute atomic E-state index is 0.132. The fourth-order valence-corrected chi connectivity index (χ4v) is 4.31. The lowest BCUT2D eigenvalue weighted by atomic mass is 10.1. The van der Waals surface area contributed by atoms with Gasteiger partial charge in [0.05, 0.1) is 13.1 Å². The summed E-state index contributed by atoms with van der Waals surface area (Å²) in [6.45, 7) is -0.182. The maximum absolute atomic E-state index is 12.8. The molecule has 34 heavy (non-hydrogen) atoms. The second-order valence-corrected chi connectivity index (χ2v) is 8.18. The molecule has 172 valence electrons. The molecule has 0 aliphatic carbocycles. The number of para-hydroxylation sites is 2. The number of hydrogen-bond donors (Lipinski definition) is 2. The van der Waals surface area contributed by atoms with Crippen LogP contribution >= 0.6 is 0 Å². The van der Waals surface area contributed by atoms with Crippen molar-refractivity contribution in [2.75, 3.05) is 13.1 Å². The Kier molecular flexibility index (Phi) is 5.63. The van der Waals surface area contributed by atoms with Crippen LogP contribution in [0.3, 0.4) is 0 Å². The Hall–Kier alpha value is -4.33. The first-order valence-corrected chi connectivity index (χ1v) is 10.9. The third-order valence-electron chi connectivity index (χ3n) is 5.95. The number of amides is 2. The Balaban J connectivity index is 1.26. The van der Waals surface area contributed by atoms with Gasteiger partial charge in [0.15, 0.2) is 0 Å². The van der Waals surface area contributed by atoms with Crippen LogP contribution in [0, 0.1) is 0 Å². The number of carbonyl (C=O) groups is 3. The molecule has 4 aromatic rings. The number of nitrogens with zero attached hydrogens (tertiary/aromatic N) is 1. The molecular formula is C26H22N2O6. The zero-order chi connectivity index (χ0) is 23.7. The molecule has 1 aliphatic heterocycles. The Morgan fingerprint density at radius 3 is 2.50 bits per heavy atom. The molecule has 0 bridgehead atoms. The minimum atomic E-state index is -1.10. The predicted molar refractivity (Wildman–Crippen MR) is 125 cm³/mol. The van der Waals surface area contributed by atoms with E-state index >= 15 is 0 Å². The second-order valence-electron chi connectivity index (χ2n) is 8.18. The van der Waals surface area contributed by atoms with E-state index in [-0.39, 0.29) is 19.5 Å². The summed E-state index contributed by atoms with van der Waals surface area (Å²) in [6.07, 6.45) is -0.270. The Labute approximate surface area is 194 Å². The summed E-state index contributed by atoms with van der Waals surface area (Å²) >= 11 is 0. The Morgan fingerprint density at radius 2 is 1.71 bits per heavy atom. The highest BCUT2D eigenvalue weighted by Crippen LogP contribution is 2.29. The van der Waals surface area contributed by atoms with E-state index in [0.717, 1.165) is 16.4 Å². The van der Waals surface area contributed by atoms with E-state index in [1.807, 2.05) is 42.5 Å². The van der Waals surface area contributed by atoms with Gasteiger partial charge in [-0.15, -0.1) is 0 Å². The van der Waals surface area contributed by atoms with Gasteiger partial charge in [0.1, 0.15) is 29.1 Å². The zero-order valence-corrected chi connectivity index (χ0v) is 18.1. The first-order valence-electron chi connectivity index (χ1n) is 10.9. The average Bonchev–Trinajstić information content (AvgIpc) is 3.44. The lowest BCUT2D eigenvalue weighted by Gasteiger charge is -2.21. The van der Waals surface area contributed by atoms with Gasteiger partial charge >= 0.3 is 5.97 Å². The largest absolute Gasteiger partial charge is 0.488 e. The topological polar surface area (TPSA) is 109 Å². The van der Waals surface area contributed by atoms with Gasteiger partial charge in [0.2, 0.25) is 5.91 Å². The lowest BCUT2D eigenvalue weighted by molar-refractivity contribution is -0.147. The van der Waals surface area contributed by atoms with Crippen molar-refractivity contribution in [2.45, 2.75) is 18.6 Å². The number of nitrogens with one attached hydrogen (secondary N) is 1. The number of fused-ring (bicyclic) bond motifs is 3. The molecule has 0 unspecified atom stereocenters. The SMILES string of the molecule is O=C(NCC(=O)N1C[C@H](Oc2ccccc2)C[C@H]1C(=O)O)c1ccc2oc3ccccc3c2c1. The fourth-order valence-electron chi connectivity index (χ4n) is 4.31. The molecule has 0 saturated carbocycles. The van der Waals surface area contributed by atoms with Crippen molar-refractivity contribution < 1.29 is 28.6 Å². The molecule has 8 heteroatoms. The van der Waals surface area contributed by atoms with Crippen LogP contribution in [-0.2, 0) is 9.59 Å². The van der Waals surface area contributed by atoms with Gasteiger partial charge < -0.3 is 24.5 Å². The number of likely N-dealkylation sites (tertiary alicyclic amines) is 1. The number of hydrogen-bond acceptors (Lipinski definition) is 5.